The van der Waals surface area contributed by atoms with Gasteiger partial charge >= 0.3 is 0 Å². The lowest BCUT2D eigenvalue weighted by molar-refractivity contribution is -0.0335. The molecule has 0 bridgehead atoms. The minimum absolute atomic E-state index is 0.0789. The molecule has 0 radical (unpaired) electrons. The summed E-state index contributed by atoms with van der Waals surface area (Å²) in [7, 11) is 1.83. The minimum atomic E-state index is 0.0789. The van der Waals surface area contributed by atoms with Gasteiger partial charge in [-0.3, -0.25) is 0 Å². The second-order valence-electron chi connectivity index (χ2n) is 4.17. The summed E-state index contributed by atoms with van der Waals surface area (Å²) < 4.78 is 5.63. The lowest BCUT2D eigenvalue weighted by Gasteiger charge is -2.37. The molecule has 0 amide bonds. The topological polar surface area (TPSA) is 33.3 Å². The highest BCUT2D eigenvalue weighted by Crippen LogP contribution is 2.21. The van der Waals surface area contributed by atoms with Gasteiger partial charge in [-0.05, 0) is 25.9 Å². The van der Waals surface area contributed by atoms with Crippen molar-refractivity contribution in [2.45, 2.75) is 38.3 Å². The van der Waals surface area contributed by atoms with Gasteiger partial charge in [0, 0.05) is 19.7 Å². The van der Waals surface area contributed by atoms with E-state index in [4.69, 9.17) is 4.74 Å². The summed E-state index contributed by atoms with van der Waals surface area (Å²) in [6.45, 7) is 7.47. The van der Waals surface area contributed by atoms with Crippen molar-refractivity contribution in [3.8, 4) is 0 Å². The molecule has 0 saturated carbocycles. The molecule has 0 unspecified atom stereocenters. The molecule has 0 aromatic rings. The summed E-state index contributed by atoms with van der Waals surface area (Å²) in [5, 5.41) is 6.81. The van der Waals surface area contributed by atoms with Crippen molar-refractivity contribution in [2.24, 2.45) is 0 Å². The van der Waals surface area contributed by atoms with E-state index >= 15 is 0 Å². The van der Waals surface area contributed by atoms with Crippen molar-refractivity contribution in [3.05, 3.63) is 0 Å². The lowest BCUT2D eigenvalue weighted by Crippen LogP contribution is -2.51. The van der Waals surface area contributed by atoms with Crippen molar-refractivity contribution in [1.29, 1.82) is 0 Å². The second-order valence-corrected chi connectivity index (χ2v) is 4.17. The van der Waals surface area contributed by atoms with Gasteiger partial charge < -0.3 is 15.4 Å². The zero-order chi connectivity index (χ0) is 9.73. The number of rotatable bonds is 4. The zero-order valence-electron chi connectivity index (χ0n) is 9.02. The first-order valence-electron chi connectivity index (χ1n) is 5.18. The van der Waals surface area contributed by atoms with Gasteiger partial charge in [0.15, 0.2) is 0 Å². The average Bonchev–Trinajstić information content (AvgIpc) is 2.16. The predicted molar refractivity (Wildman–Crippen MR) is 55.0 cm³/mol. The summed E-state index contributed by atoms with van der Waals surface area (Å²) >= 11 is 0. The zero-order valence-corrected chi connectivity index (χ0v) is 9.02. The molecule has 0 spiro atoms. The van der Waals surface area contributed by atoms with Gasteiger partial charge in [0.25, 0.3) is 0 Å². The highest BCUT2D eigenvalue weighted by molar-refractivity contribution is 4.88. The summed E-state index contributed by atoms with van der Waals surface area (Å²) in [5.41, 5.74) is 0.0789. The number of methoxy groups -OCH3 is 1. The normalized spacial score (nSPS) is 22.2. The van der Waals surface area contributed by atoms with Crippen molar-refractivity contribution < 1.29 is 4.74 Å². The lowest BCUT2D eigenvalue weighted by atomic mass is 9.92. The van der Waals surface area contributed by atoms with Gasteiger partial charge in [-0.1, -0.05) is 13.8 Å². The van der Waals surface area contributed by atoms with Crippen molar-refractivity contribution >= 4 is 0 Å². The fraction of sp³-hybridized carbons (Fsp3) is 1.00. The molecule has 78 valence electrons. The molecule has 0 aliphatic carbocycles. The Labute approximate surface area is 81.2 Å². The van der Waals surface area contributed by atoms with E-state index < -0.39 is 0 Å². The van der Waals surface area contributed by atoms with Crippen LogP contribution in [0.1, 0.15) is 26.7 Å². The van der Waals surface area contributed by atoms with E-state index in [-0.39, 0.29) is 5.60 Å². The molecular formula is C10H22N2O. The molecule has 0 atom stereocenters. The number of hydrogen-bond donors (Lipinski definition) is 2. The first kappa shape index (κ1) is 11.0. The van der Waals surface area contributed by atoms with Crippen molar-refractivity contribution in [3.63, 3.8) is 0 Å². The maximum Gasteiger partial charge on any atom is 0.0826 e. The van der Waals surface area contributed by atoms with Crippen molar-refractivity contribution in [2.75, 3.05) is 26.7 Å². The van der Waals surface area contributed by atoms with Crippen LogP contribution in [0, 0.1) is 0 Å². The number of hydrogen-bond acceptors (Lipinski definition) is 3. The van der Waals surface area contributed by atoms with Crippen LogP contribution in [0.5, 0.6) is 0 Å². The molecule has 0 aromatic carbocycles. The van der Waals surface area contributed by atoms with E-state index in [1.54, 1.807) is 0 Å². The van der Waals surface area contributed by atoms with Crippen LogP contribution in [0.2, 0.25) is 0 Å². The maximum atomic E-state index is 5.63. The quantitative estimate of drug-likeness (QED) is 0.680. The predicted octanol–water partition coefficient (Wildman–Crippen LogP) is 0.753. The largest absolute Gasteiger partial charge is 0.377 e. The van der Waals surface area contributed by atoms with Crippen LogP contribution in [-0.4, -0.2) is 38.4 Å². The third kappa shape index (κ3) is 3.25. The third-order valence-corrected chi connectivity index (χ3v) is 2.78. The molecular weight excluding hydrogens is 164 g/mol. The Morgan fingerprint density at radius 2 is 2.00 bits per heavy atom. The van der Waals surface area contributed by atoms with Crippen LogP contribution in [0.4, 0.5) is 0 Å². The van der Waals surface area contributed by atoms with Gasteiger partial charge in [0.1, 0.15) is 0 Å². The maximum absolute atomic E-state index is 5.63. The van der Waals surface area contributed by atoms with Crippen LogP contribution < -0.4 is 10.6 Å². The van der Waals surface area contributed by atoms with Gasteiger partial charge in [-0.2, -0.15) is 0 Å². The van der Waals surface area contributed by atoms with E-state index in [0.717, 1.165) is 32.5 Å². The summed E-state index contributed by atoms with van der Waals surface area (Å²) in [6.07, 6.45) is 2.23. The van der Waals surface area contributed by atoms with E-state index in [2.05, 4.69) is 24.5 Å². The molecule has 1 fully saturated rings. The molecule has 2 N–H and O–H groups in total. The Morgan fingerprint density at radius 1 is 1.38 bits per heavy atom. The van der Waals surface area contributed by atoms with Crippen LogP contribution in [0.25, 0.3) is 0 Å². The molecule has 1 saturated heterocycles. The van der Waals surface area contributed by atoms with Gasteiger partial charge in [0.05, 0.1) is 5.60 Å². The van der Waals surface area contributed by atoms with Gasteiger partial charge in [-0.25, -0.2) is 0 Å². The van der Waals surface area contributed by atoms with Crippen LogP contribution in [-0.2, 0) is 4.74 Å². The van der Waals surface area contributed by atoms with E-state index in [1.807, 2.05) is 7.11 Å². The molecule has 13 heavy (non-hydrogen) atoms. The fourth-order valence-corrected chi connectivity index (χ4v) is 1.73. The van der Waals surface area contributed by atoms with Crippen LogP contribution >= 0.6 is 0 Å². The Bertz CT molecular complexity index is 142. The van der Waals surface area contributed by atoms with E-state index in [1.165, 1.54) is 0 Å². The Balaban J connectivity index is 2.38. The molecule has 3 nitrogen and oxygen atoms in total. The molecule has 1 aliphatic heterocycles. The third-order valence-electron chi connectivity index (χ3n) is 2.78. The number of piperidine rings is 1. The van der Waals surface area contributed by atoms with Crippen LogP contribution in [0.3, 0.4) is 0 Å². The van der Waals surface area contributed by atoms with Crippen LogP contribution in [0.15, 0.2) is 0 Å². The number of nitrogens with one attached hydrogen (secondary N) is 2. The summed E-state index contributed by atoms with van der Waals surface area (Å²) in [4.78, 5) is 0. The molecule has 1 heterocycles. The highest BCUT2D eigenvalue weighted by atomic mass is 16.5. The molecule has 3 heteroatoms. The molecule has 1 aliphatic rings. The van der Waals surface area contributed by atoms with E-state index in [0.29, 0.717) is 6.04 Å². The monoisotopic (exact) mass is 186 g/mol. The summed E-state index contributed by atoms with van der Waals surface area (Å²) in [5.74, 6) is 0. The molecule has 0 aromatic heterocycles. The number of ether oxygens (including phenoxy) is 1. The Kier molecular flexibility index (Phi) is 4.16. The van der Waals surface area contributed by atoms with E-state index in [9.17, 15) is 0 Å². The summed E-state index contributed by atoms with van der Waals surface area (Å²) in [6, 6.07) is 0.543. The van der Waals surface area contributed by atoms with Crippen molar-refractivity contribution in [1.82, 2.24) is 10.6 Å². The second kappa shape index (κ2) is 4.94. The highest BCUT2D eigenvalue weighted by Gasteiger charge is 2.31. The Morgan fingerprint density at radius 3 is 2.46 bits per heavy atom. The standard InChI is InChI=1S/C10H22N2O/c1-9(2)12-8-10(13-3)4-6-11-7-5-10/h9,11-12H,4-8H2,1-3H3. The smallest absolute Gasteiger partial charge is 0.0826 e. The SMILES string of the molecule is COC1(CNC(C)C)CCNCC1. The molecule has 1 rings (SSSR count). The first-order chi connectivity index (χ1) is 6.18. The van der Waals surface area contributed by atoms with Gasteiger partial charge in [-0.15, -0.1) is 0 Å². The van der Waals surface area contributed by atoms with Gasteiger partial charge in [0.2, 0.25) is 0 Å². The first-order valence-corrected chi connectivity index (χ1v) is 5.18. The fourth-order valence-electron chi connectivity index (χ4n) is 1.73. The Hall–Kier alpha value is -0.120. The minimum Gasteiger partial charge on any atom is -0.377 e. The average molecular weight is 186 g/mol.